The molecule has 0 N–H and O–H groups in total. The number of hydrogen-bond donors (Lipinski definition) is 0. The van der Waals surface area contributed by atoms with Gasteiger partial charge in [-0.05, 0) is 153 Å². The van der Waals surface area contributed by atoms with Gasteiger partial charge in [-0.3, -0.25) is 0 Å². The van der Waals surface area contributed by atoms with E-state index < -0.39 is 110 Å². The zero-order valence-corrected chi connectivity index (χ0v) is 86.2. The SMILES string of the molecule is CC(C)C(C(C)C)C(C)(C)C(F)(F)F.CCC(C)(CC)C(C)(C)C.CCC(C)(CC)C(F)(F)F.CCC(C)(CC)[C@](C)(CC)C(F)(F)F.CCC(CC)[C@](C)(CC)C(F)(F)F.CCCC(C)(CCC)C(F)(F)F.CCC[C@@](C)(C(CC)CC)C(F)(F)F.CCC[C@](C)(CC)C(F)(F)F.CC[C@@](C)(C(C(C)C)C(C)C)C(F)(F)F.CC[C@@](C)(C(C)C)C(F)(F)F. The Labute approximate surface area is 741 Å². The summed E-state index contributed by atoms with van der Waals surface area (Å²) in [4.78, 5) is 0. The van der Waals surface area contributed by atoms with Gasteiger partial charge in [0.05, 0.1) is 48.7 Å². The molecule has 0 radical (unpaired) electrons. The molecular weight excluding hydrogens is 1680 g/mol. The van der Waals surface area contributed by atoms with Gasteiger partial charge < -0.3 is 0 Å². The van der Waals surface area contributed by atoms with Crippen molar-refractivity contribution in [3.8, 4) is 0 Å². The Morgan fingerprint density at radius 2 is 0.411 bits per heavy atom. The summed E-state index contributed by atoms with van der Waals surface area (Å²) < 4.78 is 341. The number of alkyl halides is 27. The fourth-order valence-corrected chi connectivity index (χ4v) is 17.2. The van der Waals surface area contributed by atoms with Crippen LogP contribution >= 0.6 is 0 Å². The van der Waals surface area contributed by atoms with Crippen molar-refractivity contribution >= 4 is 0 Å². The fourth-order valence-electron chi connectivity index (χ4n) is 17.2. The first-order valence-corrected chi connectivity index (χ1v) is 46.3. The van der Waals surface area contributed by atoms with Crippen LogP contribution < -0.4 is 0 Å². The lowest BCUT2D eigenvalue weighted by molar-refractivity contribution is -0.259. The summed E-state index contributed by atoms with van der Waals surface area (Å²) >= 11 is 0. The molecule has 0 saturated carbocycles. The summed E-state index contributed by atoms with van der Waals surface area (Å²) in [6, 6.07) is 0. The van der Waals surface area contributed by atoms with E-state index in [4.69, 9.17) is 0 Å². The molecule has 0 aliphatic carbocycles. The van der Waals surface area contributed by atoms with E-state index in [1.807, 2.05) is 104 Å². The van der Waals surface area contributed by atoms with Crippen LogP contribution in [0.25, 0.3) is 0 Å². The highest BCUT2D eigenvalue weighted by molar-refractivity contribution is 4.97. The Morgan fingerprint density at radius 1 is 0.185 bits per heavy atom. The first kappa shape index (κ1) is 143. The molecule has 0 fully saturated rings. The van der Waals surface area contributed by atoms with E-state index in [1.165, 1.54) is 82.1 Å². The van der Waals surface area contributed by atoms with E-state index in [0.29, 0.717) is 75.0 Å². The minimum Gasteiger partial charge on any atom is -0.171 e. The van der Waals surface area contributed by atoms with Crippen LogP contribution in [0.15, 0.2) is 0 Å². The lowest BCUT2D eigenvalue weighted by Crippen LogP contribution is -2.47. The van der Waals surface area contributed by atoms with Gasteiger partial charge in [-0.15, -0.1) is 0 Å². The average Bonchev–Trinajstić information content (AvgIpc) is 0.957. The average molecular weight is 1870 g/mol. The van der Waals surface area contributed by atoms with Gasteiger partial charge in [-0.2, -0.15) is 119 Å². The zero-order chi connectivity index (χ0) is 103. The largest absolute Gasteiger partial charge is 0.394 e. The predicted octanol–water partition coefficient (Wildman–Crippen LogP) is 42.2. The zero-order valence-electron chi connectivity index (χ0n) is 86.2. The minimum absolute atomic E-state index is 0.0478. The smallest absolute Gasteiger partial charge is 0.171 e. The van der Waals surface area contributed by atoms with Crippen LogP contribution in [0.1, 0.15) is 452 Å². The molecule has 124 heavy (non-hydrogen) atoms. The lowest BCUT2D eigenvalue weighted by Gasteiger charge is -2.46. The Morgan fingerprint density at radius 3 is 0.492 bits per heavy atom. The van der Waals surface area contributed by atoms with Crippen molar-refractivity contribution in [2.75, 3.05) is 0 Å². The standard InChI is InChI=1S/C12H23F3.3C11H21F3.C10H19F3.C10H22.C9H17F3.2C8H15F3.C7H13F3/c1-7-11(6,12(13,14)15)10(8(2)3)9(4)5;1-7(2)9(8(3)4)10(5,6)11(12,13)14;1-6-9(4,7-2)10(5,8-3)11(12,13)14;1-5-8-10(4,11(12,13)14)9(6-2)7-3;1-5-8(6-2)9(4,7-3)10(11,12)13;1-7-10(6,8-2)9(3,4)5;1-4-6-8(3,7-5-2)9(10,11)12;1-5-7(4,6(2)3)8(9,10)11;1-4-6-7(3,5-2)8(9,10)11;1-4-6(3,5-2)7(8,9)10/h8-10H,7H2,1-6H3;7-9H,1-6H3;6-8H2,1-5H3;9H,5-8H2,1-4H3;8H,5-7H2,1-4H3;7-8H2,1-6H3;4-7H2,1-3H3;6H,5H2,1-4H3;4-6H2,1-3H3;4-5H2,1-3H3/t11-;;2*10-;9-;;;2*7-;/m0.000..00./s1. The highest BCUT2D eigenvalue weighted by atomic mass is 19.4. The molecule has 0 spiro atoms. The van der Waals surface area contributed by atoms with E-state index in [2.05, 4.69) is 41.5 Å². The third-order valence-corrected chi connectivity index (χ3v) is 30.2. The third-order valence-electron chi connectivity index (χ3n) is 30.2. The molecule has 0 aliphatic heterocycles. The van der Waals surface area contributed by atoms with Crippen molar-refractivity contribution in [1.29, 1.82) is 0 Å². The first-order chi connectivity index (χ1) is 54.7. The minimum atomic E-state index is -4.12. The molecule has 0 heterocycles. The Balaban J connectivity index is -0.000000146. The number of halogens is 27. The van der Waals surface area contributed by atoms with Gasteiger partial charge >= 0.3 is 55.6 Å². The van der Waals surface area contributed by atoms with Crippen molar-refractivity contribution in [3.63, 3.8) is 0 Å². The molecule has 27 heteroatoms. The van der Waals surface area contributed by atoms with Crippen molar-refractivity contribution in [2.45, 2.75) is 508 Å². The Bertz CT molecular complexity index is 2530. The van der Waals surface area contributed by atoms with Crippen LogP contribution in [-0.4, -0.2) is 55.6 Å². The van der Waals surface area contributed by atoms with E-state index in [0.717, 1.165) is 0 Å². The summed E-state index contributed by atoms with van der Waals surface area (Å²) in [7, 11) is 0. The van der Waals surface area contributed by atoms with Gasteiger partial charge in [-0.25, -0.2) is 0 Å². The molecule has 0 rings (SSSR count). The fraction of sp³-hybridized carbons (Fsp3) is 1.00. The van der Waals surface area contributed by atoms with Crippen molar-refractivity contribution < 1.29 is 119 Å². The number of rotatable bonds is 33. The van der Waals surface area contributed by atoms with Crippen molar-refractivity contribution in [2.24, 2.45) is 118 Å². The molecule has 0 unspecified atom stereocenters. The number of hydrogen-bond acceptors (Lipinski definition) is 0. The second-order valence-electron chi connectivity index (χ2n) is 40.4. The van der Waals surface area contributed by atoms with Gasteiger partial charge in [0.1, 0.15) is 0 Å². The van der Waals surface area contributed by atoms with Crippen LogP contribution in [0.3, 0.4) is 0 Å². The summed E-state index contributed by atoms with van der Waals surface area (Å²) in [5, 5.41) is 0. The normalized spacial score (nSPS) is 16.4. The van der Waals surface area contributed by atoms with Gasteiger partial charge in [0, 0.05) is 0 Å². The molecule has 0 aromatic heterocycles. The van der Waals surface area contributed by atoms with E-state index in [-0.39, 0.29) is 124 Å². The maximum Gasteiger partial charge on any atom is 0.394 e. The topological polar surface area (TPSA) is 0 Å². The van der Waals surface area contributed by atoms with Gasteiger partial charge in [-0.1, -0.05) is 369 Å². The Hall–Kier alpha value is -1.89. The van der Waals surface area contributed by atoms with E-state index >= 15 is 0 Å². The Kier molecular flexibility index (Phi) is 66.2. The van der Waals surface area contributed by atoms with Crippen LogP contribution in [0.2, 0.25) is 0 Å². The first-order valence-electron chi connectivity index (χ1n) is 46.3. The molecule has 0 amide bonds. The summed E-state index contributed by atoms with van der Waals surface area (Å²) in [6.45, 7) is 76.4. The van der Waals surface area contributed by atoms with Crippen molar-refractivity contribution in [3.05, 3.63) is 0 Å². The van der Waals surface area contributed by atoms with E-state index in [1.54, 1.807) is 90.0 Å². The monoisotopic (exact) mass is 1870 g/mol. The molecule has 0 aromatic rings. The lowest BCUT2D eigenvalue weighted by atomic mass is 9.60. The second-order valence-corrected chi connectivity index (χ2v) is 40.4. The third kappa shape index (κ3) is 42.6. The van der Waals surface area contributed by atoms with Gasteiger partial charge in [0.15, 0.2) is 0 Å². The molecule has 0 aromatic carbocycles. The molecule has 0 aliphatic rings. The van der Waals surface area contributed by atoms with Crippen LogP contribution in [-0.2, 0) is 0 Å². The quantitative estimate of drug-likeness (QED) is 0.0575. The van der Waals surface area contributed by atoms with Crippen LogP contribution in [0, 0.1) is 118 Å². The van der Waals surface area contributed by atoms with Crippen LogP contribution in [0.5, 0.6) is 0 Å². The molecule has 0 bridgehead atoms. The molecule has 6 atom stereocenters. The summed E-state index contributed by atoms with van der Waals surface area (Å²) in [5.74, 6) is -1.30. The maximum absolute atomic E-state index is 13.1. The van der Waals surface area contributed by atoms with Gasteiger partial charge in [0.2, 0.25) is 0 Å². The molecule has 0 saturated heterocycles. The van der Waals surface area contributed by atoms with Gasteiger partial charge in [0.25, 0.3) is 0 Å². The summed E-state index contributed by atoms with van der Waals surface area (Å²) in [6.07, 6.45) is -26.2. The highest BCUT2D eigenvalue weighted by Crippen LogP contribution is 2.59. The summed E-state index contributed by atoms with van der Waals surface area (Å²) in [5.41, 5.74) is -13.3. The van der Waals surface area contributed by atoms with Crippen molar-refractivity contribution in [1.82, 2.24) is 0 Å². The highest BCUT2D eigenvalue weighted by Gasteiger charge is 2.61. The van der Waals surface area contributed by atoms with E-state index in [9.17, 15) is 119 Å². The molecule has 764 valence electrons. The molecule has 0 nitrogen and oxygen atoms in total. The maximum atomic E-state index is 13.1. The second kappa shape index (κ2) is 57.6. The predicted molar refractivity (Wildman–Crippen MR) is 471 cm³/mol. The molecular formula is C97H187F27. The van der Waals surface area contributed by atoms with Crippen LogP contribution in [0.4, 0.5) is 119 Å².